The lowest BCUT2D eigenvalue weighted by atomic mass is 10.0. The molecule has 0 aliphatic carbocycles. The fourth-order valence-electron chi connectivity index (χ4n) is 3.61. The van der Waals surface area contributed by atoms with Crippen molar-refractivity contribution >= 4 is 0 Å². The Kier molecular flexibility index (Phi) is 4.54. The zero-order chi connectivity index (χ0) is 17.3. The van der Waals surface area contributed by atoms with E-state index >= 15 is 0 Å². The minimum absolute atomic E-state index is 0.152. The number of aryl methyl sites for hydroxylation is 2. The first kappa shape index (κ1) is 16.5. The minimum Gasteiger partial charge on any atom is -0.481 e. The van der Waals surface area contributed by atoms with E-state index in [4.69, 9.17) is 10.00 Å². The van der Waals surface area contributed by atoms with Gasteiger partial charge in [0.15, 0.2) is 0 Å². The Balaban J connectivity index is 1.91. The number of hydrogen-bond acceptors (Lipinski definition) is 4. The summed E-state index contributed by atoms with van der Waals surface area (Å²) in [5.74, 6) is 0.491. The van der Waals surface area contributed by atoms with Gasteiger partial charge in [-0.05, 0) is 44.5 Å². The highest BCUT2D eigenvalue weighted by Gasteiger charge is 2.32. The minimum atomic E-state index is -0.269. The first-order valence-corrected chi connectivity index (χ1v) is 8.05. The summed E-state index contributed by atoms with van der Waals surface area (Å²) in [4.78, 5) is 2.24. The van der Waals surface area contributed by atoms with E-state index in [2.05, 4.69) is 16.1 Å². The zero-order valence-corrected chi connectivity index (χ0v) is 14.2. The lowest BCUT2D eigenvalue weighted by molar-refractivity contribution is 0.238. The molecule has 1 aromatic carbocycles. The molecule has 0 unspecified atom stereocenters. The van der Waals surface area contributed by atoms with Crippen molar-refractivity contribution in [3.05, 3.63) is 46.4 Å². The van der Waals surface area contributed by atoms with Crippen LogP contribution in [-0.4, -0.2) is 28.3 Å². The molecule has 0 spiro atoms. The summed E-state index contributed by atoms with van der Waals surface area (Å²) in [6.07, 6.45) is 2.03. The number of aromatic nitrogens is 2. The highest BCUT2D eigenvalue weighted by Crippen LogP contribution is 2.39. The van der Waals surface area contributed by atoms with Crippen molar-refractivity contribution in [1.29, 1.82) is 5.26 Å². The van der Waals surface area contributed by atoms with E-state index in [1.165, 1.54) is 12.1 Å². The third-order valence-electron chi connectivity index (χ3n) is 4.65. The summed E-state index contributed by atoms with van der Waals surface area (Å²) in [7, 11) is 3.51. The van der Waals surface area contributed by atoms with Gasteiger partial charge in [-0.3, -0.25) is 4.90 Å². The standard InChI is InChI=1S/C18H21FN4O/c1-12-17(18(24-3)22(2)21-12)16-5-4-8-23(16)11-14-9-13(10-20)6-7-15(14)19/h6-7,9,16H,4-5,8,11H2,1-3H3/t16-/m0/s1. The predicted molar refractivity (Wildman–Crippen MR) is 88.0 cm³/mol. The maximum atomic E-state index is 14.1. The van der Waals surface area contributed by atoms with Gasteiger partial charge in [0.25, 0.3) is 0 Å². The SMILES string of the molecule is COc1c([C@@H]2CCCN2Cc2cc(C#N)ccc2F)c(C)nn1C. The lowest BCUT2D eigenvalue weighted by Crippen LogP contribution is -2.24. The van der Waals surface area contributed by atoms with Gasteiger partial charge in [0.1, 0.15) is 5.82 Å². The van der Waals surface area contributed by atoms with E-state index in [9.17, 15) is 4.39 Å². The summed E-state index contributed by atoms with van der Waals surface area (Å²) in [6, 6.07) is 6.74. The number of rotatable bonds is 4. The normalized spacial score (nSPS) is 17.9. The van der Waals surface area contributed by atoms with Crippen molar-refractivity contribution in [2.45, 2.75) is 32.4 Å². The van der Waals surface area contributed by atoms with Crippen LogP contribution in [0.15, 0.2) is 18.2 Å². The van der Waals surface area contributed by atoms with Gasteiger partial charge in [0.05, 0.1) is 30.0 Å². The molecule has 1 aliphatic rings. The number of ether oxygens (including phenoxy) is 1. The van der Waals surface area contributed by atoms with E-state index in [0.717, 1.165) is 36.5 Å². The van der Waals surface area contributed by atoms with E-state index in [1.54, 1.807) is 17.9 Å². The molecule has 24 heavy (non-hydrogen) atoms. The Bertz CT molecular complexity index is 793. The molecule has 126 valence electrons. The second kappa shape index (κ2) is 6.62. The van der Waals surface area contributed by atoms with Crippen molar-refractivity contribution in [2.75, 3.05) is 13.7 Å². The smallest absolute Gasteiger partial charge is 0.216 e. The maximum Gasteiger partial charge on any atom is 0.216 e. The quantitative estimate of drug-likeness (QED) is 0.865. The van der Waals surface area contributed by atoms with Gasteiger partial charge in [-0.15, -0.1) is 0 Å². The Morgan fingerprint density at radius 3 is 2.96 bits per heavy atom. The van der Waals surface area contributed by atoms with Crippen LogP contribution < -0.4 is 4.74 Å². The topological polar surface area (TPSA) is 54.1 Å². The van der Waals surface area contributed by atoms with Crippen LogP contribution in [0.2, 0.25) is 0 Å². The Morgan fingerprint density at radius 1 is 1.46 bits per heavy atom. The Labute approximate surface area is 141 Å². The molecule has 1 saturated heterocycles. The molecule has 5 nitrogen and oxygen atoms in total. The van der Waals surface area contributed by atoms with Crippen molar-refractivity contribution in [1.82, 2.24) is 14.7 Å². The monoisotopic (exact) mass is 328 g/mol. The van der Waals surface area contributed by atoms with Gasteiger partial charge >= 0.3 is 0 Å². The number of nitriles is 1. The summed E-state index contributed by atoms with van der Waals surface area (Å²) in [5, 5.41) is 13.5. The molecule has 0 saturated carbocycles. The second-order valence-corrected chi connectivity index (χ2v) is 6.18. The summed E-state index contributed by atoms with van der Waals surface area (Å²) < 4.78 is 21.4. The van der Waals surface area contributed by atoms with Crippen LogP contribution in [0.3, 0.4) is 0 Å². The molecule has 1 fully saturated rings. The average Bonchev–Trinajstić information content (AvgIpc) is 3.12. The molecular formula is C18H21FN4O. The van der Waals surface area contributed by atoms with E-state index in [-0.39, 0.29) is 11.9 Å². The maximum absolute atomic E-state index is 14.1. The molecule has 2 aromatic rings. The van der Waals surface area contributed by atoms with Gasteiger partial charge in [-0.2, -0.15) is 10.4 Å². The van der Waals surface area contributed by atoms with Crippen LogP contribution >= 0.6 is 0 Å². The van der Waals surface area contributed by atoms with Crippen molar-refractivity contribution < 1.29 is 9.13 Å². The van der Waals surface area contributed by atoms with Crippen molar-refractivity contribution in [2.24, 2.45) is 7.05 Å². The van der Waals surface area contributed by atoms with Gasteiger partial charge in [0, 0.05) is 25.2 Å². The zero-order valence-electron chi connectivity index (χ0n) is 14.2. The Hall–Kier alpha value is -2.39. The van der Waals surface area contributed by atoms with Crippen LogP contribution in [0, 0.1) is 24.1 Å². The first-order valence-electron chi connectivity index (χ1n) is 8.05. The molecular weight excluding hydrogens is 307 g/mol. The van der Waals surface area contributed by atoms with E-state index < -0.39 is 0 Å². The molecule has 0 radical (unpaired) electrons. The number of nitrogens with zero attached hydrogens (tertiary/aromatic N) is 4. The Morgan fingerprint density at radius 2 is 2.25 bits per heavy atom. The van der Waals surface area contributed by atoms with Gasteiger partial charge in [-0.1, -0.05) is 0 Å². The first-order chi connectivity index (χ1) is 11.5. The summed E-state index contributed by atoms with van der Waals surface area (Å²) in [6.45, 7) is 3.34. The van der Waals surface area contributed by atoms with Gasteiger partial charge < -0.3 is 4.74 Å². The third kappa shape index (κ3) is 2.87. The highest BCUT2D eigenvalue weighted by molar-refractivity contribution is 5.36. The fraction of sp³-hybridized carbons (Fsp3) is 0.444. The van der Waals surface area contributed by atoms with Crippen LogP contribution in [0.25, 0.3) is 0 Å². The summed E-state index contributed by atoms with van der Waals surface area (Å²) >= 11 is 0. The van der Waals surface area contributed by atoms with E-state index in [0.29, 0.717) is 17.7 Å². The highest BCUT2D eigenvalue weighted by atomic mass is 19.1. The largest absolute Gasteiger partial charge is 0.481 e. The van der Waals surface area contributed by atoms with Crippen molar-refractivity contribution in [3.63, 3.8) is 0 Å². The molecule has 2 heterocycles. The molecule has 1 aliphatic heterocycles. The van der Waals surface area contributed by atoms with Crippen LogP contribution in [-0.2, 0) is 13.6 Å². The molecule has 6 heteroatoms. The number of halogens is 1. The average molecular weight is 328 g/mol. The second-order valence-electron chi connectivity index (χ2n) is 6.18. The number of methoxy groups -OCH3 is 1. The van der Waals surface area contributed by atoms with Gasteiger partial charge in [0.2, 0.25) is 5.88 Å². The van der Waals surface area contributed by atoms with Crippen molar-refractivity contribution in [3.8, 4) is 11.9 Å². The molecule has 0 amide bonds. The molecule has 1 atom stereocenters. The molecule has 0 N–H and O–H groups in total. The number of hydrogen-bond donors (Lipinski definition) is 0. The lowest BCUT2D eigenvalue weighted by Gasteiger charge is -2.25. The number of benzene rings is 1. The number of likely N-dealkylation sites (tertiary alicyclic amines) is 1. The van der Waals surface area contributed by atoms with E-state index in [1.807, 2.05) is 14.0 Å². The third-order valence-corrected chi connectivity index (χ3v) is 4.65. The molecule has 0 bridgehead atoms. The van der Waals surface area contributed by atoms with Gasteiger partial charge in [-0.25, -0.2) is 9.07 Å². The predicted octanol–water partition coefficient (Wildman–Crippen LogP) is 3.09. The van der Waals surface area contributed by atoms with Crippen LogP contribution in [0.4, 0.5) is 4.39 Å². The molecule has 3 rings (SSSR count). The summed E-state index contributed by atoms with van der Waals surface area (Å²) in [5.41, 5.74) is 3.06. The van der Waals surface area contributed by atoms with Crippen LogP contribution in [0.5, 0.6) is 5.88 Å². The fourth-order valence-corrected chi connectivity index (χ4v) is 3.61. The van der Waals surface area contributed by atoms with Crippen LogP contribution in [0.1, 0.15) is 41.3 Å². The molecule has 1 aromatic heterocycles.